The van der Waals surface area contributed by atoms with Crippen LogP contribution in [0, 0.1) is 0 Å². The molecule has 114 valence electrons. The Hall–Kier alpha value is -1.00. The summed E-state index contributed by atoms with van der Waals surface area (Å²) in [5.74, 6) is 0. The lowest BCUT2D eigenvalue weighted by atomic mass is 10.3. The minimum absolute atomic E-state index is 0.977. The van der Waals surface area contributed by atoms with Crippen LogP contribution in [-0.2, 0) is 0 Å². The van der Waals surface area contributed by atoms with E-state index in [1.807, 2.05) is 0 Å². The normalized spacial score (nSPS) is 32.6. The fourth-order valence-electron chi connectivity index (χ4n) is 3.29. The molecule has 0 saturated heterocycles. The first kappa shape index (κ1) is 15.4. The lowest BCUT2D eigenvalue weighted by Gasteiger charge is -2.44. The van der Waals surface area contributed by atoms with E-state index in [1.165, 1.54) is 38.8 Å². The third-order valence-electron chi connectivity index (χ3n) is 4.74. The van der Waals surface area contributed by atoms with Crippen molar-refractivity contribution in [3.05, 3.63) is 24.8 Å². The molecule has 4 nitrogen and oxygen atoms in total. The zero-order chi connectivity index (χ0) is 14.6. The van der Waals surface area contributed by atoms with Crippen LogP contribution < -0.4 is 0 Å². The number of quaternary nitrogens is 2. The van der Waals surface area contributed by atoms with Gasteiger partial charge in [0, 0.05) is 20.0 Å². The zero-order valence-corrected chi connectivity index (χ0v) is 13.8. The minimum Gasteiger partial charge on any atom is -0.325 e. The fraction of sp³-hybridized carbons (Fsp3) is 0.750. The van der Waals surface area contributed by atoms with E-state index in [0.29, 0.717) is 0 Å². The molecule has 0 N–H and O–H groups in total. The van der Waals surface area contributed by atoms with E-state index in [2.05, 4.69) is 62.5 Å². The van der Waals surface area contributed by atoms with Crippen molar-refractivity contribution >= 4 is 0 Å². The number of nitrogens with zero attached hydrogens (tertiary/aromatic N) is 4. The Morgan fingerprint density at radius 3 is 2.35 bits per heavy atom. The highest BCUT2D eigenvalue weighted by Crippen LogP contribution is 2.32. The van der Waals surface area contributed by atoms with E-state index < -0.39 is 0 Å². The topological polar surface area (TPSA) is 6.48 Å². The van der Waals surface area contributed by atoms with Crippen LogP contribution in [0.4, 0.5) is 0 Å². The van der Waals surface area contributed by atoms with Gasteiger partial charge >= 0.3 is 0 Å². The van der Waals surface area contributed by atoms with Crippen LogP contribution in [0.25, 0.3) is 0 Å². The van der Waals surface area contributed by atoms with Crippen LogP contribution in [0.1, 0.15) is 39.5 Å². The van der Waals surface area contributed by atoms with E-state index >= 15 is 0 Å². The summed E-state index contributed by atoms with van der Waals surface area (Å²) < 4.78 is 2.01. The van der Waals surface area contributed by atoms with Crippen LogP contribution in [0.15, 0.2) is 24.8 Å². The Morgan fingerprint density at radius 1 is 1.00 bits per heavy atom. The van der Waals surface area contributed by atoms with E-state index in [1.54, 1.807) is 0 Å². The number of unbranched alkanes of at least 4 members (excludes halogenated alkanes) is 2. The molecule has 0 radical (unpaired) electrons. The van der Waals surface area contributed by atoms with Crippen LogP contribution in [0.5, 0.6) is 0 Å². The Labute approximate surface area is 124 Å². The van der Waals surface area contributed by atoms with Crippen molar-refractivity contribution in [1.82, 2.24) is 9.80 Å². The standard InChI is InChI=1S/C16H32N4/c1-5-7-9-18-11-13-19(4,16-18)20(12-8-6-2)14-10-17(3)15-20/h10-11,13-14H,5-9,12,15-16H2,1-4H3/q+2. The molecule has 20 heavy (non-hydrogen) atoms. The molecule has 2 atom stereocenters. The van der Waals surface area contributed by atoms with Gasteiger partial charge in [-0.3, -0.25) is 0 Å². The molecule has 0 aromatic heterocycles. The molecule has 0 saturated carbocycles. The van der Waals surface area contributed by atoms with Crippen molar-refractivity contribution in [3.8, 4) is 0 Å². The number of hydrogen-bond donors (Lipinski definition) is 0. The van der Waals surface area contributed by atoms with Gasteiger partial charge in [0.15, 0.2) is 12.4 Å². The molecule has 0 aromatic carbocycles. The van der Waals surface area contributed by atoms with Gasteiger partial charge in [0.25, 0.3) is 0 Å². The highest BCUT2D eigenvalue weighted by atomic mass is 15.9. The molecule has 0 amide bonds. The van der Waals surface area contributed by atoms with Crippen molar-refractivity contribution in [3.63, 3.8) is 0 Å². The first-order chi connectivity index (χ1) is 9.55. The molecule has 2 rings (SSSR count). The lowest BCUT2D eigenvalue weighted by molar-refractivity contribution is -1.45. The first-order valence-corrected chi connectivity index (χ1v) is 8.11. The number of rotatable bonds is 7. The predicted molar refractivity (Wildman–Crippen MR) is 83.6 cm³/mol. The smallest absolute Gasteiger partial charge is 0.202 e. The summed E-state index contributed by atoms with van der Waals surface area (Å²) in [4.78, 5) is 4.81. The molecular formula is C16H32N4+2. The Morgan fingerprint density at radius 2 is 1.75 bits per heavy atom. The SMILES string of the molecule is CCCCN1C=C[N+](C)([N+]2(CCCC)C=CN(C)C2)C1. The van der Waals surface area contributed by atoms with Crippen molar-refractivity contribution in [2.24, 2.45) is 0 Å². The molecule has 2 aliphatic rings. The first-order valence-electron chi connectivity index (χ1n) is 8.11. The van der Waals surface area contributed by atoms with Crippen molar-refractivity contribution in [1.29, 1.82) is 0 Å². The highest BCUT2D eigenvalue weighted by Gasteiger charge is 2.50. The molecule has 0 aliphatic carbocycles. The summed E-state index contributed by atoms with van der Waals surface area (Å²) >= 11 is 0. The van der Waals surface area contributed by atoms with Crippen molar-refractivity contribution < 1.29 is 9.18 Å². The van der Waals surface area contributed by atoms with Crippen LogP contribution in [0.3, 0.4) is 0 Å². The third kappa shape index (κ3) is 2.86. The molecule has 2 unspecified atom stereocenters. The average Bonchev–Trinajstić information content (AvgIpc) is 3.00. The van der Waals surface area contributed by atoms with E-state index in [4.69, 9.17) is 0 Å². The summed E-state index contributed by atoms with van der Waals surface area (Å²) in [6.07, 6.45) is 14.5. The molecule has 0 bridgehead atoms. The van der Waals surface area contributed by atoms with Crippen LogP contribution in [-0.4, -0.2) is 59.5 Å². The Kier molecular flexibility index (Phi) is 4.76. The summed E-state index contributed by atoms with van der Waals surface area (Å²) in [6.45, 7) is 9.15. The van der Waals surface area contributed by atoms with E-state index in [9.17, 15) is 0 Å². The van der Waals surface area contributed by atoms with Gasteiger partial charge in [0.2, 0.25) is 13.3 Å². The third-order valence-corrected chi connectivity index (χ3v) is 4.74. The molecule has 2 aliphatic heterocycles. The van der Waals surface area contributed by atoms with Crippen LogP contribution >= 0.6 is 0 Å². The van der Waals surface area contributed by atoms with Gasteiger partial charge < -0.3 is 9.80 Å². The highest BCUT2D eigenvalue weighted by molar-refractivity contribution is 4.83. The summed E-state index contributed by atoms with van der Waals surface area (Å²) in [6, 6.07) is 0. The molecule has 0 spiro atoms. The average molecular weight is 280 g/mol. The minimum atomic E-state index is 0.977. The lowest BCUT2D eigenvalue weighted by Crippen LogP contribution is -2.66. The second-order valence-electron chi connectivity index (χ2n) is 6.58. The van der Waals surface area contributed by atoms with Gasteiger partial charge in [-0.05, 0) is 6.42 Å². The molecule has 2 heterocycles. The van der Waals surface area contributed by atoms with Crippen molar-refractivity contribution in [2.45, 2.75) is 39.5 Å². The maximum atomic E-state index is 2.49. The van der Waals surface area contributed by atoms with E-state index in [0.717, 1.165) is 22.5 Å². The predicted octanol–water partition coefficient (Wildman–Crippen LogP) is 2.88. The fourth-order valence-corrected chi connectivity index (χ4v) is 3.29. The molecule has 0 fully saturated rings. The van der Waals surface area contributed by atoms with Gasteiger partial charge in [-0.25, -0.2) is 0 Å². The second kappa shape index (κ2) is 6.19. The monoisotopic (exact) mass is 280 g/mol. The summed E-state index contributed by atoms with van der Waals surface area (Å²) in [5.41, 5.74) is 0. The van der Waals surface area contributed by atoms with Gasteiger partial charge in [0.05, 0.1) is 12.4 Å². The maximum absolute atomic E-state index is 2.49. The molecular weight excluding hydrogens is 248 g/mol. The Balaban J connectivity index is 2.10. The summed E-state index contributed by atoms with van der Waals surface area (Å²) in [7, 11) is 4.56. The quantitative estimate of drug-likeness (QED) is 0.662. The van der Waals surface area contributed by atoms with Gasteiger partial charge in [-0.15, -0.1) is 9.18 Å². The van der Waals surface area contributed by atoms with Crippen LogP contribution in [0.2, 0.25) is 0 Å². The van der Waals surface area contributed by atoms with E-state index in [-0.39, 0.29) is 0 Å². The zero-order valence-electron chi connectivity index (χ0n) is 13.8. The molecule has 4 heteroatoms. The second-order valence-corrected chi connectivity index (χ2v) is 6.58. The molecule has 0 aromatic rings. The van der Waals surface area contributed by atoms with Gasteiger partial charge in [-0.2, -0.15) is 0 Å². The largest absolute Gasteiger partial charge is 0.325 e. The maximum Gasteiger partial charge on any atom is 0.202 e. The Bertz CT molecular complexity index is 379. The van der Waals surface area contributed by atoms with Gasteiger partial charge in [-0.1, -0.05) is 26.7 Å². The summed E-state index contributed by atoms with van der Waals surface area (Å²) in [5, 5.41) is 0. The van der Waals surface area contributed by atoms with Crippen molar-refractivity contribution in [2.75, 3.05) is 40.5 Å². The number of hydrogen-bond acceptors (Lipinski definition) is 2. The van der Waals surface area contributed by atoms with Gasteiger partial charge in [0.1, 0.15) is 13.6 Å².